The van der Waals surface area contributed by atoms with Gasteiger partial charge in [-0.25, -0.2) is 4.39 Å². The van der Waals surface area contributed by atoms with Crippen LogP contribution in [0.1, 0.15) is 31.2 Å². The molecule has 0 N–H and O–H groups in total. The average molecular weight is 267 g/mol. The summed E-state index contributed by atoms with van der Waals surface area (Å²) >= 11 is 6.19. The standard InChI is InChI=1S/C16H20ClF/c17-10-14(7-11-2-5-15(18)6-3-11)16-9-12-1-4-13(16)8-12/h2-3,5-6,12-14,16H,1,4,7-10H2. The minimum atomic E-state index is -0.152. The third kappa shape index (κ3) is 2.42. The minimum absolute atomic E-state index is 0.152. The van der Waals surface area contributed by atoms with Crippen molar-refractivity contribution in [3.8, 4) is 0 Å². The van der Waals surface area contributed by atoms with Crippen LogP contribution in [0.2, 0.25) is 0 Å². The van der Waals surface area contributed by atoms with E-state index in [1.54, 1.807) is 12.1 Å². The maximum atomic E-state index is 12.9. The van der Waals surface area contributed by atoms with Crippen LogP contribution in [0.3, 0.4) is 0 Å². The van der Waals surface area contributed by atoms with E-state index in [2.05, 4.69) is 0 Å². The lowest BCUT2D eigenvalue weighted by Crippen LogP contribution is -2.24. The van der Waals surface area contributed by atoms with Gasteiger partial charge in [-0.1, -0.05) is 18.6 Å². The minimum Gasteiger partial charge on any atom is -0.207 e. The van der Waals surface area contributed by atoms with Crippen LogP contribution < -0.4 is 0 Å². The molecule has 0 spiro atoms. The zero-order chi connectivity index (χ0) is 12.5. The summed E-state index contributed by atoms with van der Waals surface area (Å²) in [5.74, 6) is 3.86. The fourth-order valence-electron chi connectivity index (χ4n) is 4.11. The molecule has 0 radical (unpaired) electrons. The molecule has 18 heavy (non-hydrogen) atoms. The van der Waals surface area contributed by atoms with Crippen molar-refractivity contribution >= 4 is 11.6 Å². The number of hydrogen-bond acceptors (Lipinski definition) is 0. The summed E-state index contributed by atoms with van der Waals surface area (Å²) in [6, 6.07) is 6.92. The summed E-state index contributed by atoms with van der Waals surface area (Å²) < 4.78 is 12.9. The highest BCUT2D eigenvalue weighted by Gasteiger charge is 2.42. The van der Waals surface area contributed by atoms with Crippen LogP contribution in [-0.2, 0) is 6.42 Å². The summed E-state index contributed by atoms with van der Waals surface area (Å²) in [6.07, 6.45) is 6.67. The molecule has 4 atom stereocenters. The second-order valence-corrected chi connectivity index (χ2v) is 6.39. The Morgan fingerprint density at radius 1 is 1.17 bits per heavy atom. The van der Waals surface area contributed by atoms with Gasteiger partial charge >= 0.3 is 0 Å². The molecule has 0 aromatic heterocycles. The van der Waals surface area contributed by atoms with E-state index in [9.17, 15) is 4.39 Å². The van der Waals surface area contributed by atoms with Crippen molar-refractivity contribution in [2.24, 2.45) is 23.7 Å². The molecule has 2 aliphatic carbocycles. The van der Waals surface area contributed by atoms with Gasteiger partial charge in [0.1, 0.15) is 5.82 Å². The lowest BCUT2D eigenvalue weighted by atomic mass is 9.77. The maximum absolute atomic E-state index is 12.9. The Kier molecular flexibility index (Phi) is 3.61. The number of benzene rings is 1. The molecule has 4 unspecified atom stereocenters. The summed E-state index contributed by atoms with van der Waals surface area (Å²) in [4.78, 5) is 0. The first-order valence-corrected chi connectivity index (χ1v) is 7.60. The molecule has 2 fully saturated rings. The Balaban J connectivity index is 1.67. The van der Waals surface area contributed by atoms with E-state index in [0.29, 0.717) is 5.92 Å². The fourth-order valence-corrected chi connectivity index (χ4v) is 4.45. The van der Waals surface area contributed by atoms with E-state index in [0.717, 1.165) is 30.1 Å². The second-order valence-electron chi connectivity index (χ2n) is 6.08. The van der Waals surface area contributed by atoms with Crippen molar-refractivity contribution in [1.29, 1.82) is 0 Å². The first-order valence-electron chi connectivity index (χ1n) is 7.06. The number of fused-ring (bicyclic) bond motifs is 2. The molecule has 2 saturated carbocycles. The summed E-state index contributed by atoms with van der Waals surface area (Å²) in [5.41, 5.74) is 1.23. The van der Waals surface area contributed by atoms with E-state index >= 15 is 0 Å². The van der Waals surface area contributed by atoms with E-state index < -0.39 is 0 Å². The largest absolute Gasteiger partial charge is 0.207 e. The Morgan fingerprint density at radius 3 is 2.50 bits per heavy atom. The normalized spacial score (nSPS) is 31.8. The van der Waals surface area contributed by atoms with Gasteiger partial charge in [-0.3, -0.25) is 0 Å². The van der Waals surface area contributed by atoms with Crippen molar-refractivity contribution < 1.29 is 4.39 Å². The van der Waals surface area contributed by atoms with Crippen molar-refractivity contribution in [3.63, 3.8) is 0 Å². The molecular weight excluding hydrogens is 247 g/mol. The predicted molar refractivity (Wildman–Crippen MR) is 73.3 cm³/mol. The van der Waals surface area contributed by atoms with Crippen LogP contribution in [0.15, 0.2) is 24.3 Å². The van der Waals surface area contributed by atoms with Gasteiger partial charge in [0.15, 0.2) is 0 Å². The van der Waals surface area contributed by atoms with E-state index in [-0.39, 0.29) is 5.82 Å². The van der Waals surface area contributed by atoms with Gasteiger partial charge in [0.2, 0.25) is 0 Å². The molecule has 3 rings (SSSR count). The van der Waals surface area contributed by atoms with Gasteiger partial charge in [0.25, 0.3) is 0 Å². The summed E-state index contributed by atoms with van der Waals surface area (Å²) in [6.45, 7) is 0. The van der Waals surface area contributed by atoms with Crippen LogP contribution in [0, 0.1) is 29.5 Å². The van der Waals surface area contributed by atoms with Crippen LogP contribution in [0.25, 0.3) is 0 Å². The van der Waals surface area contributed by atoms with E-state index in [1.165, 1.54) is 31.2 Å². The van der Waals surface area contributed by atoms with Gasteiger partial charge < -0.3 is 0 Å². The Labute approximate surface area is 114 Å². The molecule has 2 heteroatoms. The lowest BCUT2D eigenvalue weighted by molar-refractivity contribution is 0.243. The van der Waals surface area contributed by atoms with Crippen molar-refractivity contribution in [3.05, 3.63) is 35.6 Å². The smallest absolute Gasteiger partial charge is 0.123 e. The maximum Gasteiger partial charge on any atom is 0.123 e. The van der Waals surface area contributed by atoms with E-state index in [4.69, 9.17) is 11.6 Å². The molecule has 0 heterocycles. The Morgan fingerprint density at radius 2 is 1.94 bits per heavy atom. The molecule has 0 saturated heterocycles. The van der Waals surface area contributed by atoms with Gasteiger partial charge in [0, 0.05) is 5.88 Å². The summed E-state index contributed by atoms with van der Waals surface area (Å²) in [5, 5.41) is 0. The van der Waals surface area contributed by atoms with Crippen LogP contribution in [-0.4, -0.2) is 5.88 Å². The van der Waals surface area contributed by atoms with Gasteiger partial charge in [-0.2, -0.15) is 0 Å². The van der Waals surface area contributed by atoms with Gasteiger partial charge in [-0.15, -0.1) is 11.6 Å². The molecule has 2 bridgehead atoms. The highest BCUT2D eigenvalue weighted by Crippen LogP contribution is 2.51. The molecule has 1 aromatic rings. The molecule has 1 aromatic carbocycles. The molecule has 0 nitrogen and oxygen atoms in total. The van der Waals surface area contributed by atoms with Gasteiger partial charge in [-0.05, 0) is 67.1 Å². The van der Waals surface area contributed by atoms with Crippen LogP contribution in [0.5, 0.6) is 0 Å². The average Bonchev–Trinajstić information content (AvgIpc) is 3.00. The number of rotatable bonds is 4. The number of alkyl halides is 1. The zero-order valence-electron chi connectivity index (χ0n) is 10.6. The van der Waals surface area contributed by atoms with Gasteiger partial charge in [0.05, 0.1) is 0 Å². The number of halogens is 2. The second kappa shape index (κ2) is 5.21. The van der Waals surface area contributed by atoms with Crippen LogP contribution >= 0.6 is 11.6 Å². The number of hydrogen-bond donors (Lipinski definition) is 0. The third-order valence-corrected chi connectivity index (χ3v) is 5.40. The highest BCUT2D eigenvalue weighted by molar-refractivity contribution is 6.18. The molecule has 0 aliphatic heterocycles. The van der Waals surface area contributed by atoms with Crippen molar-refractivity contribution in [2.45, 2.75) is 32.1 Å². The molecular formula is C16H20ClF. The topological polar surface area (TPSA) is 0 Å². The zero-order valence-corrected chi connectivity index (χ0v) is 11.4. The van der Waals surface area contributed by atoms with Crippen molar-refractivity contribution in [2.75, 3.05) is 5.88 Å². The third-order valence-electron chi connectivity index (χ3n) is 5.01. The Bertz CT molecular complexity index is 400. The fraction of sp³-hybridized carbons (Fsp3) is 0.625. The SMILES string of the molecule is Fc1ccc(CC(CCl)C2CC3CCC2C3)cc1. The van der Waals surface area contributed by atoms with E-state index in [1.807, 2.05) is 12.1 Å². The first kappa shape index (κ1) is 12.5. The first-order chi connectivity index (χ1) is 8.76. The monoisotopic (exact) mass is 266 g/mol. The Hall–Kier alpha value is -0.560. The quantitative estimate of drug-likeness (QED) is 0.696. The highest BCUT2D eigenvalue weighted by atomic mass is 35.5. The lowest BCUT2D eigenvalue weighted by Gasteiger charge is -2.29. The molecule has 0 amide bonds. The van der Waals surface area contributed by atoms with Crippen LogP contribution in [0.4, 0.5) is 4.39 Å². The molecule has 98 valence electrons. The van der Waals surface area contributed by atoms with Crippen molar-refractivity contribution in [1.82, 2.24) is 0 Å². The molecule has 2 aliphatic rings. The summed E-state index contributed by atoms with van der Waals surface area (Å²) in [7, 11) is 0. The predicted octanol–water partition coefficient (Wildman–Crippen LogP) is 4.66.